The maximum Gasteiger partial charge on any atom is 0.258 e. The van der Waals surface area contributed by atoms with Crippen LogP contribution in [0.4, 0.5) is 4.39 Å². The number of aromatic nitrogens is 1. The number of thioether (sulfide) groups is 1. The number of halogens is 2. The lowest BCUT2D eigenvalue weighted by molar-refractivity contribution is -0.143. The van der Waals surface area contributed by atoms with E-state index in [4.69, 9.17) is 11.6 Å². The van der Waals surface area contributed by atoms with Gasteiger partial charge in [0.25, 0.3) is 5.91 Å². The maximum atomic E-state index is 14.6. The zero-order valence-corrected chi connectivity index (χ0v) is 25.6. The van der Waals surface area contributed by atoms with E-state index >= 15 is 0 Å². The van der Waals surface area contributed by atoms with Gasteiger partial charge in [-0.25, -0.2) is 9.37 Å². The van der Waals surface area contributed by atoms with Gasteiger partial charge in [-0.1, -0.05) is 24.3 Å². The van der Waals surface area contributed by atoms with Gasteiger partial charge in [0, 0.05) is 17.7 Å². The van der Waals surface area contributed by atoms with Crippen LogP contribution in [0.1, 0.15) is 64.3 Å². The molecule has 0 radical (unpaired) electrons. The fraction of sp³-hybridized carbons (Fsp3) is 0.571. The van der Waals surface area contributed by atoms with Crippen LogP contribution in [-0.2, 0) is 14.4 Å². The van der Waals surface area contributed by atoms with Crippen LogP contribution in [0.25, 0.3) is 10.4 Å². The smallest absolute Gasteiger partial charge is 0.258 e. The van der Waals surface area contributed by atoms with Gasteiger partial charge in [0.2, 0.25) is 11.8 Å². The number of alkyl halides is 2. The van der Waals surface area contributed by atoms with E-state index in [2.05, 4.69) is 15.6 Å². The highest BCUT2D eigenvalue weighted by Gasteiger charge is 2.54. The molecule has 218 valence electrons. The Bertz CT molecular complexity index is 1250. The first-order chi connectivity index (χ1) is 18.7. The molecule has 4 rings (SSSR count). The summed E-state index contributed by atoms with van der Waals surface area (Å²) in [6.07, 6.45) is -0.641. The predicted molar refractivity (Wildman–Crippen MR) is 157 cm³/mol. The summed E-state index contributed by atoms with van der Waals surface area (Å²) in [6, 6.07) is 5.38. The number of rotatable bonds is 10. The number of aryl methyl sites for hydroxylation is 1. The second-order valence-electron chi connectivity index (χ2n) is 11.2. The Labute approximate surface area is 247 Å². The molecule has 0 bridgehead atoms. The molecule has 1 aliphatic carbocycles. The van der Waals surface area contributed by atoms with Crippen molar-refractivity contribution in [1.82, 2.24) is 20.5 Å². The van der Waals surface area contributed by atoms with Crippen molar-refractivity contribution in [1.29, 1.82) is 0 Å². The van der Waals surface area contributed by atoms with Gasteiger partial charge < -0.3 is 20.6 Å². The maximum absolute atomic E-state index is 14.6. The molecule has 1 aromatic heterocycles. The summed E-state index contributed by atoms with van der Waals surface area (Å²) in [5.74, 6) is -1.81. The van der Waals surface area contributed by atoms with E-state index in [9.17, 15) is 23.9 Å². The SMILES string of the molecule is Cc1ncsc1-c1ccc([C@@H](C)NC(=O)[C@@H]2C[C@@H](O)CN2C(=O)[C@@H](NC(=O)C2(F)CC2)C(C)(C)SC(C)Cl)cc1. The van der Waals surface area contributed by atoms with Gasteiger partial charge in [0.1, 0.15) is 12.1 Å². The Morgan fingerprint density at radius 1 is 1.23 bits per heavy atom. The fourth-order valence-electron chi connectivity index (χ4n) is 4.98. The summed E-state index contributed by atoms with van der Waals surface area (Å²) in [7, 11) is 0. The molecule has 8 nitrogen and oxygen atoms in total. The number of nitrogens with zero attached hydrogens (tertiary/aromatic N) is 2. The average molecular weight is 611 g/mol. The highest BCUT2D eigenvalue weighted by Crippen LogP contribution is 2.41. The molecule has 1 aromatic carbocycles. The van der Waals surface area contributed by atoms with Gasteiger partial charge in [-0.3, -0.25) is 14.4 Å². The van der Waals surface area contributed by atoms with E-state index in [1.54, 1.807) is 37.6 Å². The zero-order chi connectivity index (χ0) is 29.4. The minimum absolute atomic E-state index is 0.0566. The summed E-state index contributed by atoms with van der Waals surface area (Å²) in [4.78, 5) is 46.7. The van der Waals surface area contributed by atoms with E-state index in [0.29, 0.717) is 0 Å². The van der Waals surface area contributed by atoms with Crippen LogP contribution in [0.5, 0.6) is 0 Å². The molecule has 1 aliphatic heterocycles. The lowest BCUT2D eigenvalue weighted by Crippen LogP contribution is -2.61. The van der Waals surface area contributed by atoms with Gasteiger partial charge in [-0.2, -0.15) is 0 Å². The van der Waals surface area contributed by atoms with Crippen molar-refractivity contribution in [2.24, 2.45) is 0 Å². The van der Waals surface area contributed by atoms with Crippen molar-refractivity contribution in [3.8, 4) is 10.4 Å². The minimum atomic E-state index is -1.98. The number of benzene rings is 1. The number of amides is 3. The first-order valence-electron chi connectivity index (χ1n) is 13.3. The Morgan fingerprint density at radius 2 is 1.88 bits per heavy atom. The number of hydrogen-bond donors (Lipinski definition) is 3. The number of aliphatic hydroxyl groups excluding tert-OH is 1. The minimum Gasteiger partial charge on any atom is -0.391 e. The lowest BCUT2D eigenvalue weighted by Gasteiger charge is -2.38. The van der Waals surface area contributed by atoms with Crippen molar-refractivity contribution in [3.05, 3.63) is 41.0 Å². The number of carbonyl (C=O) groups is 3. The predicted octanol–water partition coefficient (Wildman–Crippen LogP) is 4.34. The van der Waals surface area contributed by atoms with E-state index in [0.717, 1.165) is 21.7 Å². The average Bonchev–Trinajstić information content (AvgIpc) is 3.29. The Balaban J connectivity index is 1.49. The second-order valence-corrected chi connectivity index (χ2v) is 14.9. The molecule has 2 aliphatic rings. The van der Waals surface area contributed by atoms with Crippen molar-refractivity contribution in [3.63, 3.8) is 0 Å². The van der Waals surface area contributed by atoms with E-state index in [-0.39, 0.29) is 31.8 Å². The number of nitrogens with one attached hydrogen (secondary N) is 2. The first-order valence-corrected chi connectivity index (χ1v) is 15.5. The fourth-order valence-corrected chi connectivity index (χ4v) is 7.62. The number of aliphatic hydroxyl groups is 1. The van der Waals surface area contributed by atoms with E-state index in [1.807, 2.05) is 38.1 Å². The zero-order valence-electron chi connectivity index (χ0n) is 23.2. The molecule has 0 spiro atoms. The number of likely N-dealkylation sites (tertiary alicyclic amines) is 1. The van der Waals surface area contributed by atoms with Crippen molar-refractivity contribution in [2.75, 3.05) is 6.54 Å². The topological polar surface area (TPSA) is 112 Å². The van der Waals surface area contributed by atoms with Gasteiger partial charge in [-0.05, 0) is 58.6 Å². The number of thiazole rings is 1. The van der Waals surface area contributed by atoms with Crippen molar-refractivity contribution >= 4 is 52.4 Å². The number of hydrogen-bond acceptors (Lipinski definition) is 7. The second kappa shape index (κ2) is 12.0. The third-order valence-corrected chi connectivity index (χ3v) is 9.83. The lowest BCUT2D eigenvalue weighted by atomic mass is 10.00. The van der Waals surface area contributed by atoms with Crippen LogP contribution < -0.4 is 10.6 Å². The molecular formula is C28H36ClFN4O4S2. The molecule has 12 heteroatoms. The van der Waals surface area contributed by atoms with Gasteiger partial charge in [0.15, 0.2) is 5.67 Å². The van der Waals surface area contributed by atoms with Crippen LogP contribution in [0.3, 0.4) is 0 Å². The van der Waals surface area contributed by atoms with Crippen LogP contribution in [0, 0.1) is 6.92 Å². The molecule has 2 fully saturated rings. The van der Waals surface area contributed by atoms with Crippen molar-refractivity contribution in [2.45, 2.75) is 93.2 Å². The Hall–Kier alpha value is -2.21. The van der Waals surface area contributed by atoms with Crippen LogP contribution in [-0.4, -0.2) is 72.6 Å². The molecule has 2 heterocycles. The summed E-state index contributed by atoms with van der Waals surface area (Å²) < 4.78 is 13.3. The highest BCUT2D eigenvalue weighted by atomic mass is 35.5. The van der Waals surface area contributed by atoms with Gasteiger partial charge in [0.05, 0.1) is 32.9 Å². The summed E-state index contributed by atoms with van der Waals surface area (Å²) >= 11 is 9.04. The first kappa shape index (κ1) is 30.7. The van der Waals surface area contributed by atoms with E-state index in [1.165, 1.54) is 16.7 Å². The third-order valence-electron chi connectivity index (χ3n) is 7.42. The molecular weight excluding hydrogens is 575 g/mol. The highest BCUT2D eigenvalue weighted by molar-refractivity contribution is 8.02. The van der Waals surface area contributed by atoms with Crippen LogP contribution in [0.2, 0.25) is 0 Å². The van der Waals surface area contributed by atoms with Crippen LogP contribution in [0.15, 0.2) is 29.8 Å². The Morgan fingerprint density at radius 3 is 2.42 bits per heavy atom. The third kappa shape index (κ3) is 6.80. The van der Waals surface area contributed by atoms with E-state index < -0.39 is 51.0 Å². The molecule has 2 aromatic rings. The molecule has 1 saturated carbocycles. The summed E-state index contributed by atoms with van der Waals surface area (Å²) in [5.41, 5.74) is 2.71. The van der Waals surface area contributed by atoms with Crippen molar-refractivity contribution < 1.29 is 23.9 Å². The monoisotopic (exact) mass is 610 g/mol. The van der Waals surface area contributed by atoms with Gasteiger partial charge >= 0.3 is 0 Å². The molecule has 40 heavy (non-hydrogen) atoms. The largest absolute Gasteiger partial charge is 0.391 e. The molecule has 1 unspecified atom stereocenters. The quantitative estimate of drug-likeness (QED) is 0.345. The summed E-state index contributed by atoms with van der Waals surface area (Å²) in [6.45, 7) is 8.98. The Kier molecular flexibility index (Phi) is 9.19. The molecule has 5 atom stereocenters. The molecule has 1 saturated heterocycles. The molecule has 3 amide bonds. The molecule has 3 N–H and O–H groups in total. The standard InChI is InChI=1S/C28H36ClFN4O4S2/c1-15(18-6-8-19(9-7-18)22-16(2)31-14-39-22)32-24(36)21-12-20(35)13-34(21)25(37)23(27(4,5)40-17(3)29)33-26(38)28(30)10-11-28/h6-9,14-15,17,20-21,23,35H,10-13H2,1-5H3,(H,32,36)(H,33,38)/t15-,17?,20-,21+,23-/m1/s1. The number of carbonyl (C=O) groups excluding carboxylic acids is 3. The number of β-amino-alcohol motifs (C(OH)–C–C–N with tert-alkyl or cyclic N) is 1. The normalized spacial score (nSPS) is 22.4. The van der Waals surface area contributed by atoms with Gasteiger partial charge in [-0.15, -0.1) is 34.7 Å². The van der Waals surface area contributed by atoms with Crippen LogP contribution >= 0.6 is 34.7 Å². The summed E-state index contributed by atoms with van der Waals surface area (Å²) in [5, 5.41) is 16.0.